The van der Waals surface area contributed by atoms with Crippen LogP contribution in [0.4, 0.5) is 0 Å². The molecule has 1 saturated heterocycles. The first-order chi connectivity index (χ1) is 14.6. The fourth-order valence-corrected chi connectivity index (χ4v) is 4.16. The summed E-state index contributed by atoms with van der Waals surface area (Å²) in [5.74, 6) is 2.24. The second kappa shape index (κ2) is 9.35. The van der Waals surface area contributed by atoms with Crippen molar-refractivity contribution >= 4 is 17.5 Å². The molecule has 0 spiro atoms. The van der Waals surface area contributed by atoms with Gasteiger partial charge in [-0.25, -0.2) is 4.98 Å². The number of benzene rings is 2. The van der Waals surface area contributed by atoms with E-state index in [0.717, 1.165) is 48.4 Å². The van der Waals surface area contributed by atoms with Crippen molar-refractivity contribution in [2.24, 2.45) is 0 Å². The van der Waals surface area contributed by atoms with Crippen LogP contribution in [0.1, 0.15) is 48.1 Å². The fraction of sp³-hybridized carbons (Fsp3) is 0.333. The molecule has 2 heterocycles. The Kier molecular flexibility index (Phi) is 6.38. The average Bonchev–Trinajstić information content (AvgIpc) is 3.22. The van der Waals surface area contributed by atoms with Gasteiger partial charge in [0.25, 0.3) is 0 Å². The number of methoxy groups -OCH3 is 1. The van der Waals surface area contributed by atoms with Gasteiger partial charge in [0.2, 0.25) is 11.8 Å². The van der Waals surface area contributed by atoms with E-state index in [2.05, 4.69) is 4.98 Å². The molecule has 3 aromatic rings. The maximum Gasteiger partial charge on any atom is 0.227 e. The van der Waals surface area contributed by atoms with Crippen LogP contribution in [0.25, 0.3) is 0 Å². The number of piperidine rings is 1. The molecule has 0 unspecified atom stereocenters. The molecule has 5 nitrogen and oxygen atoms in total. The number of hydrogen-bond donors (Lipinski definition) is 0. The van der Waals surface area contributed by atoms with Crippen molar-refractivity contribution in [1.29, 1.82) is 0 Å². The van der Waals surface area contributed by atoms with Crippen molar-refractivity contribution in [2.45, 2.75) is 38.1 Å². The highest BCUT2D eigenvalue weighted by Crippen LogP contribution is 2.32. The number of ether oxygens (including phenoxy) is 1. The monoisotopic (exact) mass is 424 g/mol. The first-order valence-electron chi connectivity index (χ1n) is 10.2. The van der Waals surface area contributed by atoms with E-state index < -0.39 is 0 Å². The summed E-state index contributed by atoms with van der Waals surface area (Å²) < 4.78 is 11.3. The quantitative estimate of drug-likeness (QED) is 0.544. The standard InChI is InChI=1S/C24H25ClN2O3/c1-29-20-9-5-7-18(13-20)15-23(28)27-11-3-2-10-22(27)24-26-16-21(30-24)14-17-6-4-8-19(25)12-17/h4-9,12-13,16,22H,2-3,10-11,14-15H2,1H3/t22-/m1/s1. The van der Waals surface area contributed by atoms with Crippen molar-refractivity contribution in [1.82, 2.24) is 9.88 Å². The van der Waals surface area contributed by atoms with Crippen LogP contribution in [-0.4, -0.2) is 29.4 Å². The number of hydrogen-bond acceptors (Lipinski definition) is 4. The lowest BCUT2D eigenvalue weighted by molar-refractivity contribution is -0.134. The van der Waals surface area contributed by atoms with Crippen LogP contribution in [-0.2, 0) is 17.6 Å². The van der Waals surface area contributed by atoms with Crippen molar-refractivity contribution in [3.63, 3.8) is 0 Å². The van der Waals surface area contributed by atoms with Crippen LogP contribution in [0.2, 0.25) is 5.02 Å². The Balaban J connectivity index is 1.48. The third-order valence-corrected chi connectivity index (χ3v) is 5.67. The summed E-state index contributed by atoms with van der Waals surface area (Å²) in [4.78, 5) is 19.5. The third kappa shape index (κ3) is 4.85. The Morgan fingerprint density at radius 1 is 1.20 bits per heavy atom. The van der Waals surface area contributed by atoms with Crippen molar-refractivity contribution < 1.29 is 13.9 Å². The molecule has 1 fully saturated rings. The predicted molar refractivity (Wildman–Crippen MR) is 116 cm³/mol. The lowest BCUT2D eigenvalue weighted by atomic mass is 10.0. The van der Waals surface area contributed by atoms with E-state index in [1.54, 1.807) is 13.3 Å². The predicted octanol–water partition coefficient (Wildman–Crippen LogP) is 5.22. The van der Waals surface area contributed by atoms with Gasteiger partial charge in [-0.3, -0.25) is 4.79 Å². The molecule has 1 aromatic heterocycles. The van der Waals surface area contributed by atoms with E-state index in [0.29, 0.717) is 23.8 Å². The minimum atomic E-state index is -0.120. The van der Waals surface area contributed by atoms with Gasteiger partial charge >= 0.3 is 0 Å². The number of halogens is 1. The van der Waals surface area contributed by atoms with Crippen LogP contribution in [0, 0.1) is 0 Å². The maximum absolute atomic E-state index is 13.1. The van der Waals surface area contributed by atoms with Gasteiger partial charge in [0, 0.05) is 18.0 Å². The summed E-state index contributed by atoms with van der Waals surface area (Å²) in [6.45, 7) is 0.722. The van der Waals surface area contributed by atoms with E-state index >= 15 is 0 Å². The van der Waals surface area contributed by atoms with E-state index in [9.17, 15) is 4.79 Å². The second-order valence-corrected chi connectivity index (χ2v) is 8.03. The van der Waals surface area contributed by atoms with Gasteiger partial charge in [-0.15, -0.1) is 0 Å². The zero-order chi connectivity index (χ0) is 20.9. The molecule has 2 aromatic carbocycles. The highest BCUT2D eigenvalue weighted by Gasteiger charge is 2.31. The molecule has 1 amide bonds. The van der Waals surface area contributed by atoms with Crippen molar-refractivity contribution in [3.05, 3.63) is 82.5 Å². The largest absolute Gasteiger partial charge is 0.497 e. The van der Waals surface area contributed by atoms with Crippen LogP contribution in [0.5, 0.6) is 5.75 Å². The molecule has 0 radical (unpaired) electrons. The van der Waals surface area contributed by atoms with Gasteiger partial charge in [-0.1, -0.05) is 35.9 Å². The van der Waals surface area contributed by atoms with Gasteiger partial charge in [-0.2, -0.15) is 0 Å². The molecule has 0 saturated carbocycles. The SMILES string of the molecule is COc1cccc(CC(=O)N2CCCC[C@@H]2c2ncc(Cc3cccc(Cl)c3)o2)c1. The molecule has 30 heavy (non-hydrogen) atoms. The van der Waals surface area contributed by atoms with Crippen molar-refractivity contribution in [2.75, 3.05) is 13.7 Å². The summed E-state index contributed by atoms with van der Waals surface area (Å²) >= 11 is 6.08. The summed E-state index contributed by atoms with van der Waals surface area (Å²) in [6, 6.07) is 15.2. The van der Waals surface area contributed by atoms with E-state index in [-0.39, 0.29) is 11.9 Å². The Hall–Kier alpha value is -2.79. The summed E-state index contributed by atoms with van der Waals surface area (Å²) in [6.07, 6.45) is 5.63. The summed E-state index contributed by atoms with van der Waals surface area (Å²) in [5, 5.41) is 0.703. The summed E-state index contributed by atoms with van der Waals surface area (Å²) in [7, 11) is 1.63. The Labute approximate surface area is 181 Å². The Bertz CT molecular complexity index is 1020. The molecular formula is C24H25ClN2O3. The number of nitrogens with zero attached hydrogens (tertiary/aromatic N) is 2. The maximum atomic E-state index is 13.1. The molecule has 1 aliphatic heterocycles. The molecule has 0 aliphatic carbocycles. The van der Waals surface area contributed by atoms with Gasteiger partial charge in [0.1, 0.15) is 17.6 Å². The van der Waals surface area contributed by atoms with Gasteiger partial charge in [-0.05, 0) is 54.7 Å². The van der Waals surface area contributed by atoms with Gasteiger partial charge < -0.3 is 14.1 Å². The van der Waals surface area contributed by atoms with Gasteiger partial charge in [0.15, 0.2) is 0 Å². The number of likely N-dealkylation sites (tertiary alicyclic amines) is 1. The first kappa shape index (κ1) is 20.5. The molecule has 1 aliphatic rings. The second-order valence-electron chi connectivity index (χ2n) is 7.60. The molecule has 6 heteroatoms. The lowest BCUT2D eigenvalue weighted by Crippen LogP contribution is -2.39. The van der Waals surface area contributed by atoms with Crippen LogP contribution < -0.4 is 4.74 Å². The minimum absolute atomic E-state index is 0.0857. The number of carbonyl (C=O) groups is 1. The fourth-order valence-electron chi connectivity index (χ4n) is 3.95. The Morgan fingerprint density at radius 2 is 2.03 bits per heavy atom. The molecule has 0 bridgehead atoms. The summed E-state index contributed by atoms with van der Waals surface area (Å²) in [5.41, 5.74) is 2.01. The van der Waals surface area contributed by atoms with Crippen molar-refractivity contribution in [3.8, 4) is 5.75 Å². The zero-order valence-corrected chi connectivity index (χ0v) is 17.8. The highest BCUT2D eigenvalue weighted by atomic mass is 35.5. The molecule has 1 atom stereocenters. The molecule has 156 valence electrons. The average molecular weight is 425 g/mol. The zero-order valence-electron chi connectivity index (χ0n) is 17.0. The molecular weight excluding hydrogens is 400 g/mol. The number of aromatic nitrogens is 1. The normalized spacial score (nSPS) is 16.5. The van der Waals surface area contributed by atoms with Gasteiger partial charge in [0.05, 0.1) is 19.7 Å². The molecule has 0 N–H and O–H groups in total. The number of rotatable bonds is 6. The number of oxazole rings is 1. The van der Waals surface area contributed by atoms with E-state index in [1.807, 2.05) is 53.4 Å². The third-order valence-electron chi connectivity index (χ3n) is 5.44. The minimum Gasteiger partial charge on any atom is -0.497 e. The van der Waals surface area contributed by atoms with E-state index in [4.69, 9.17) is 20.8 Å². The topological polar surface area (TPSA) is 55.6 Å². The highest BCUT2D eigenvalue weighted by molar-refractivity contribution is 6.30. The number of carbonyl (C=O) groups excluding carboxylic acids is 1. The van der Waals surface area contributed by atoms with E-state index in [1.165, 1.54) is 0 Å². The van der Waals surface area contributed by atoms with Crippen LogP contribution in [0.3, 0.4) is 0 Å². The number of amides is 1. The van der Waals surface area contributed by atoms with Crippen LogP contribution in [0.15, 0.2) is 59.1 Å². The Morgan fingerprint density at radius 3 is 2.87 bits per heavy atom. The first-order valence-corrected chi connectivity index (χ1v) is 10.6. The van der Waals surface area contributed by atoms with Crippen LogP contribution >= 0.6 is 11.6 Å². The molecule has 4 rings (SSSR count). The lowest BCUT2D eigenvalue weighted by Gasteiger charge is -2.34. The smallest absolute Gasteiger partial charge is 0.227 e.